The van der Waals surface area contributed by atoms with Crippen molar-refractivity contribution in [1.82, 2.24) is 30.3 Å². The zero-order chi connectivity index (χ0) is 28.5. The first-order chi connectivity index (χ1) is 18.3. The lowest BCUT2D eigenvalue weighted by Gasteiger charge is -2.54. The molecule has 0 aliphatic carbocycles. The number of carbonyl (C=O) groups is 2. The number of amides is 2. The van der Waals surface area contributed by atoms with Gasteiger partial charge in [-0.25, -0.2) is 14.2 Å². The van der Waals surface area contributed by atoms with Crippen LogP contribution in [-0.2, 0) is 4.74 Å². The van der Waals surface area contributed by atoms with E-state index in [0.29, 0.717) is 38.2 Å². The van der Waals surface area contributed by atoms with E-state index in [9.17, 15) is 14.0 Å². The number of nitrogens with zero attached hydrogens (tertiary/aromatic N) is 5. The van der Waals surface area contributed by atoms with Gasteiger partial charge in [-0.3, -0.25) is 4.79 Å². The number of likely N-dealkylation sites (tertiary alicyclic amines) is 1. The molecule has 39 heavy (non-hydrogen) atoms. The fourth-order valence-corrected chi connectivity index (χ4v) is 5.26. The van der Waals surface area contributed by atoms with E-state index in [2.05, 4.69) is 20.5 Å². The normalized spacial score (nSPS) is 18.6. The predicted molar refractivity (Wildman–Crippen MR) is 143 cm³/mol. The van der Waals surface area contributed by atoms with E-state index >= 15 is 0 Å². The Kier molecular flexibility index (Phi) is 8.32. The monoisotopic (exact) mass is 562 g/mol. The molecule has 0 bridgehead atoms. The highest BCUT2D eigenvalue weighted by Gasteiger charge is 2.51. The molecular weight excluding hydrogens is 527 g/mol. The maximum absolute atomic E-state index is 14.2. The Morgan fingerprint density at radius 2 is 1.95 bits per heavy atom. The van der Waals surface area contributed by atoms with Gasteiger partial charge in [-0.2, -0.15) is 0 Å². The molecule has 2 saturated heterocycles. The van der Waals surface area contributed by atoms with Gasteiger partial charge in [-0.1, -0.05) is 0 Å². The van der Waals surface area contributed by atoms with E-state index in [1.807, 2.05) is 41.5 Å². The summed E-state index contributed by atoms with van der Waals surface area (Å²) in [6.07, 6.45) is 1.10. The topological polar surface area (TPSA) is 110 Å². The van der Waals surface area contributed by atoms with Crippen molar-refractivity contribution < 1.29 is 23.5 Å². The Bertz CT molecular complexity index is 1230. The van der Waals surface area contributed by atoms with Gasteiger partial charge in [-0.15, -0.1) is 10.2 Å². The minimum Gasteiger partial charge on any atom is -0.444 e. The molecule has 10 nitrogen and oxygen atoms in total. The molecule has 2 amide bonds. The lowest BCUT2D eigenvalue weighted by atomic mass is 9.66. The average Bonchev–Trinajstić information content (AvgIpc) is 2.85. The molecule has 12 heteroatoms. The molecular formula is C27H36ClFN6O4. The Morgan fingerprint density at radius 1 is 1.26 bits per heavy atom. The smallest absolute Gasteiger partial charge is 0.410 e. The van der Waals surface area contributed by atoms with Crippen LogP contribution in [0.25, 0.3) is 0 Å². The van der Waals surface area contributed by atoms with Gasteiger partial charge in [-0.05, 0) is 84.2 Å². The molecule has 3 heterocycles. The van der Waals surface area contributed by atoms with E-state index < -0.39 is 11.4 Å². The Balaban J connectivity index is 1.59. The summed E-state index contributed by atoms with van der Waals surface area (Å²) >= 11 is 6.15. The number of piperidine rings is 1. The van der Waals surface area contributed by atoms with Gasteiger partial charge in [0.2, 0.25) is 5.28 Å². The van der Waals surface area contributed by atoms with E-state index in [1.54, 1.807) is 9.80 Å². The summed E-state index contributed by atoms with van der Waals surface area (Å²) in [5, 5.41) is 11.4. The first-order valence-electron chi connectivity index (χ1n) is 13.2. The minimum atomic E-state index is -0.563. The van der Waals surface area contributed by atoms with Crippen LogP contribution >= 0.6 is 11.6 Å². The number of halogens is 2. The van der Waals surface area contributed by atoms with E-state index in [0.717, 1.165) is 12.6 Å². The van der Waals surface area contributed by atoms with Gasteiger partial charge in [0.05, 0.1) is 11.6 Å². The molecule has 1 atom stereocenters. The SMILES string of the molecule is CCN(C(=O)c1cc(F)ccc1Oc1nnc(Cl)nc1C1NCC12CCN(C(=O)OC(C)(C)C)CC2)C(C)C. The zero-order valence-corrected chi connectivity index (χ0v) is 24.0. The zero-order valence-electron chi connectivity index (χ0n) is 23.3. The summed E-state index contributed by atoms with van der Waals surface area (Å²) < 4.78 is 25.9. The third-order valence-corrected chi connectivity index (χ3v) is 7.37. The molecule has 2 aromatic rings. The van der Waals surface area contributed by atoms with Gasteiger partial charge < -0.3 is 24.6 Å². The molecule has 1 aromatic heterocycles. The second-order valence-electron chi connectivity index (χ2n) is 11.3. The fourth-order valence-electron chi connectivity index (χ4n) is 5.13. The molecule has 2 aliphatic heterocycles. The van der Waals surface area contributed by atoms with Crippen LogP contribution in [0, 0.1) is 11.2 Å². The molecule has 1 unspecified atom stereocenters. The first kappa shape index (κ1) is 28.9. The van der Waals surface area contributed by atoms with Crippen molar-refractivity contribution >= 4 is 23.6 Å². The largest absolute Gasteiger partial charge is 0.444 e. The van der Waals surface area contributed by atoms with Crippen molar-refractivity contribution in [2.45, 2.75) is 72.1 Å². The molecule has 4 rings (SSSR count). The summed E-state index contributed by atoms with van der Waals surface area (Å²) in [7, 11) is 0. The van der Waals surface area contributed by atoms with Crippen LogP contribution in [0.3, 0.4) is 0 Å². The van der Waals surface area contributed by atoms with Crippen LogP contribution in [0.15, 0.2) is 18.2 Å². The second-order valence-corrected chi connectivity index (χ2v) is 11.7. The first-order valence-corrected chi connectivity index (χ1v) is 13.6. The van der Waals surface area contributed by atoms with Crippen molar-refractivity contribution in [2.24, 2.45) is 5.41 Å². The van der Waals surface area contributed by atoms with Crippen LogP contribution in [0.5, 0.6) is 11.6 Å². The van der Waals surface area contributed by atoms with E-state index in [1.165, 1.54) is 12.1 Å². The molecule has 212 valence electrons. The lowest BCUT2D eigenvalue weighted by Crippen LogP contribution is -2.61. The van der Waals surface area contributed by atoms with Crippen molar-refractivity contribution in [3.63, 3.8) is 0 Å². The van der Waals surface area contributed by atoms with E-state index in [-0.39, 0.29) is 52.0 Å². The number of hydrogen-bond acceptors (Lipinski definition) is 8. The van der Waals surface area contributed by atoms with Crippen LogP contribution in [0.1, 0.15) is 76.5 Å². The summed E-state index contributed by atoms with van der Waals surface area (Å²) in [5.74, 6) is -0.680. The lowest BCUT2D eigenvalue weighted by molar-refractivity contribution is -0.0196. The van der Waals surface area contributed by atoms with Crippen LogP contribution in [0.2, 0.25) is 5.28 Å². The summed E-state index contributed by atoms with van der Waals surface area (Å²) in [4.78, 5) is 33.6. The Hall–Kier alpha value is -3.05. The number of rotatable bonds is 6. The highest BCUT2D eigenvalue weighted by atomic mass is 35.5. The number of ether oxygens (including phenoxy) is 2. The van der Waals surface area contributed by atoms with Crippen LogP contribution < -0.4 is 10.1 Å². The van der Waals surface area contributed by atoms with Crippen molar-refractivity contribution in [1.29, 1.82) is 0 Å². The van der Waals surface area contributed by atoms with Gasteiger partial charge >= 0.3 is 6.09 Å². The van der Waals surface area contributed by atoms with Gasteiger partial charge in [0.1, 0.15) is 22.9 Å². The molecule has 2 aliphatic rings. The summed E-state index contributed by atoms with van der Waals surface area (Å²) in [6.45, 7) is 13.4. The highest BCUT2D eigenvalue weighted by Crippen LogP contribution is 2.50. The summed E-state index contributed by atoms with van der Waals surface area (Å²) in [6, 6.07) is 3.44. The average molecular weight is 563 g/mol. The predicted octanol–water partition coefficient (Wildman–Crippen LogP) is 4.99. The van der Waals surface area contributed by atoms with Crippen molar-refractivity contribution in [3.8, 4) is 11.6 Å². The number of benzene rings is 1. The molecule has 1 aromatic carbocycles. The molecule has 1 spiro atoms. The van der Waals surface area contributed by atoms with Crippen molar-refractivity contribution in [2.75, 3.05) is 26.2 Å². The molecule has 0 radical (unpaired) electrons. The highest BCUT2D eigenvalue weighted by molar-refractivity contribution is 6.28. The van der Waals surface area contributed by atoms with Crippen LogP contribution in [0.4, 0.5) is 9.18 Å². The molecule has 2 fully saturated rings. The van der Waals surface area contributed by atoms with Crippen LogP contribution in [-0.4, -0.2) is 74.8 Å². The summed E-state index contributed by atoms with van der Waals surface area (Å²) in [5.41, 5.74) is -0.235. The quantitative estimate of drug-likeness (QED) is 0.524. The number of aromatic nitrogens is 3. The molecule has 1 N–H and O–H groups in total. The standard InChI is InChI=1S/C27H36ClFN6O4/c1-7-35(16(2)3)23(36)18-14-17(29)8-9-19(18)38-22-20(31-24(28)33-32-22)21-27(15-30-21)10-12-34(13-11-27)25(37)39-26(4,5)6/h8-9,14,16,21,30H,7,10-13,15H2,1-6H3. The Morgan fingerprint density at radius 3 is 2.51 bits per heavy atom. The third-order valence-electron chi connectivity index (χ3n) is 7.21. The van der Waals surface area contributed by atoms with Gasteiger partial charge in [0, 0.05) is 37.6 Å². The maximum Gasteiger partial charge on any atom is 0.410 e. The van der Waals surface area contributed by atoms with E-state index in [4.69, 9.17) is 21.1 Å². The number of carbonyl (C=O) groups excluding carboxylic acids is 2. The third kappa shape index (κ3) is 6.24. The molecule has 0 saturated carbocycles. The fraction of sp³-hybridized carbons (Fsp3) is 0.593. The van der Waals surface area contributed by atoms with Gasteiger partial charge in [0.25, 0.3) is 11.8 Å². The number of nitrogens with one attached hydrogen (secondary N) is 1. The van der Waals surface area contributed by atoms with Crippen molar-refractivity contribution in [3.05, 3.63) is 40.6 Å². The Labute approximate surface area is 233 Å². The second kappa shape index (κ2) is 11.2. The number of hydrogen-bond donors (Lipinski definition) is 1. The minimum absolute atomic E-state index is 0.0419. The van der Waals surface area contributed by atoms with Gasteiger partial charge in [0.15, 0.2) is 0 Å². The maximum atomic E-state index is 14.2.